The highest BCUT2D eigenvalue weighted by atomic mass is 16.3. The van der Waals surface area contributed by atoms with Crippen LogP contribution in [0.1, 0.15) is 11.7 Å². The summed E-state index contributed by atoms with van der Waals surface area (Å²) in [6.07, 6.45) is 0.868. The number of aliphatic hydroxyl groups excluding tert-OH is 2. The second-order valence-electron chi connectivity index (χ2n) is 3.74. The molecule has 0 bridgehead atoms. The van der Waals surface area contributed by atoms with Crippen molar-refractivity contribution in [1.82, 2.24) is 5.32 Å². The Kier molecular flexibility index (Phi) is 3.24. The first-order chi connectivity index (χ1) is 7.76. The van der Waals surface area contributed by atoms with Gasteiger partial charge in [0.15, 0.2) is 0 Å². The molecule has 1 aromatic heterocycles. The van der Waals surface area contributed by atoms with E-state index in [9.17, 15) is 5.11 Å². The van der Waals surface area contributed by atoms with Gasteiger partial charge < -0.3 is 19.9 Å². The molecular weight excluding hydrogens is 206 g/mol. The van der Waals surface area contributed by atoms with Gasteiger partial charge in [-0.15, -0.1) is 0 Å². The van der Waals surface area contributed by atoms with Crippen molar-refractivity contribution in [3.63, 3.8) is 0 Å². The number of likely N-dealkylation sites (N-methyl/N-ethyl adjacent to an activating group) is 1. The summed E-state index contributed by atoms with van der Waals surface area (Å²) in [6, 6.07) is 7.02. The Morgan fingerprint density at radius 3 is 2.88 bits per heavy atom. The Morgan fingerprint density at radius 1 is 1.38 bits per heavy atom. The number of aliphatic hydroxyl groups is 2. The topological polar surface area (TPSA) is 65.6 Å². The fourth-order valence-corrected chi connectivity index (χ4v) is 1.74. The third-order valence-corrected chi connectivity index (χ3v) is 2.77. The highest BCUT2D eigenvalue weighted by molar-refractivity contribution is 5.77. The minimum Gasteiger partial charge on any atom is -0.464 e. The summed E-state index contributed by atoms with van der Waals surface area (Å²) in [7, 11) is 1.70. The van der Waals surface area contributed by atoms with E-state index in [2.05, 4.69) is 5.32 Å². The smallest absolute Gasteiger partial charge is 0.134 e. The second-order valence-corrected chi connectivity index (χ2v) is 3.74. The zero-order chi connectivity index (χ0) is 11.5. The zero-order valence-corrected chi connectivity index (χ0v) is 9.05. The summed E-state index contributed by atoms with van der Waals surface area (Å²) in [5.41, 5.74) is 1.47. The van der Waals surface area contributed by atoms with E-state index in [1.54, 1.807) is 19.4 Å². The van der Waals surface area contributed by atoms with Crippen molar-refractivity contribution < 1.29 is 14.6 Å². The number of nitrogens with one attached hydrogen (secondary N) is 1. The molecule has 4 heteroatoms. The maximum Gasteiger partial charge on any atom is 0.134 e. The summed E-state index contributed by atoms with van der Waals surface area (Å²) in [6.45, 7) is -0.117. The van der Waals surface area contributed by atoms with Crippen LogP contribution in [-0.4, -0.2) is 29.9 Å². The summed E-state index contributed by atoms with van der Waals surface area (Å²) in [5, 5.41) is 23.0. The molecule has 0 aliphatic heterocycles. The van der Waals surface area contributed by atoms with E-state index in [1.165, 1.54) is 0 Å². The maximum absolute atomic E-state index is 10.0. The van der Waals surface area contributed by atoms with Gasteiger partial charge in [0.25, 0.3) is 0 Å². The Hall–Kier alpha value is -1.36. The summed E-state index contributed by atoms with van der Waals surface area (Å²) in [5.74, 6) is 0. The van der Waals surface area contributed by atoms with Gasteiger partial charge in [0.2, 0.25) is 0 Å². The predicted octanol–water partition coefficient (Wildman–Crippen LogP) is 1.05. The molecule has 0 amide bonds. The Morgan fingerprint density at radius 2 is 2.19 bits per heavy atom. The lowest BCUT2D eigenvalue weighted by molar-refractivity contribution is 0.0943. The van der Waals surface area contributed by atoms with Crippen molar-refractivity contribution in [3.8, 4) is 0 Å². The molecule has 0 radical (unpaired) electrons. The van der Waals surface area contributed by atoms with Crippen LogP contribution in [0.5, 0.6) is 0 Å². The lowest BCUT2D eigenvalue weighted by Gasteiger charge is -2.20. The van der Waals surface area contributed by atoms with E-state index >= 15 is 0 Å². The van der Waals surface area contributed by atoms with Crippen LogP contribution in [0.15, 0.2) is 34.9 Å². The average molecular weight is 221 g/mol. The number of hydrogen-bond donors (Lipinski definition) is 3. The molecule has 0 aliphatic rings. The van der Waals surface area contributed by atoms with Crippen LogP contribution >= 0.6 is 0 Å². The Labute approximate surface area is 93.5 Å². The minimum absolute atomic E-state index is 0.117. The molecule has 0 saturated heterocycles. The molecule has 2 unspecified atom stereocenters. The van der Waals surface area contributed by atoms with Crippen LogP contribution < -0.4 is 5.32 Å². The summed E-state index contributed by atoms with van der Waals surface area (Å²) >= 11 is 0. The van der Waals surface area contributed by atoms with Gasteiger partial charge in [-0.2, -0.15) is 0 Å². The monoisotopic (exact) mass is 221 g/mol. The van der Waals surface area contributed by atoms with E-state index in [0.29, 0.717) is 0 Å². The van der Waals surface area contributed by atoms with Crippen LogP contribution in [0.4, 0.5) is 0 Å². The molecule has 2 rings (SSSR count). The zero-order valence-electron chi connectivity index (χ0n) is 9.05. The van der Waals surface area contributed by atoms with Gasteiger partial charge in [-0.1, -0.05) is 12.1 Å². The molecule has 3 N–H and O–H groups in total. The maximum atomic E-state index is 10.0. The molecule has 1 heterocycles. The van der Waals surface area contributed by atoms with E-state index < -0.39 is 6.10 Å². The van der Waals surface area contributed by atoms with Crippen LogP contribution in [0.2, 0.25) is 0 Å². The van der Waals surface area contributed by atoms with Crippen LogP contribution in [0.3, 0.4) is 0 Å². The third-order valence-electron chi connectivity index (χ3n) is 2.77. The number of rotatable bonds is 4. The van der Waals surface area contributed by atoms with Gasteiger partial charge >= 0.3 is 0 Å². The average Bonchev–Trinajstić information content (AvgIpc) is 2.77. The van der Waals surface area contributed by atoms with Crippen molar-refractivity contribution in [2.75, 3.05) is 13.7 Å². The molecule has 16 heavy (non-hydrogen) atoms. The van der Waals surface area contributed by atoms with E-state index in [4.69, 9.17) is 9.52 Å². The quantitative estimate of drug-likeness (QED) is 0.722. The Bertz CT molecular complexity index is 462. The van der Waals surface area contributed by atoms with E-state index in [-0.39, 0.29) is 12.6 Å². The van der Waals surface area contributed by atoms with Crippen LogP contribution in [-0.2, 0) is 0 Å². The molecule has 1 aromatic carbocycles. The van der Waals surface area contributed by atoms with Gasteiger partial charge in [0.1, 0.15) is 5.58 Å². The lowest BCUT2D eigenvalue weighted by Crippen LogP contribution is -2.35. The number of benzene rings is 1. The first-order valence-electron chi connectivity index (χ1n) is 5.19. The van der Waals surface area contributed by atoms with Crippen molar-refractivity contribution in [3.05, 3.63) is 36.1 Å². The van der Waals surface area contributed by atoms with Crippen molar-refractivity contribution in [2.24, 2.45) is 0 Å². The summed E-state index contributed by atoms with van der Waals surface area (Å²) in [4.78, 5) is 0. The molecule has 0 fully saturated rings. The highest BCUT2D eigenvalue weighted by Crippen LogP contribution is 2.23. The molecule has 0 spiro atoms. The normalized spacial score (nSPS) is 15.2. The highest BCUT2D eigenvalue weighted by Gasteiger charge is 2.18. The number of furan rings is 1. The van der Waals surface area contributed by atoms with Gasteiger partial charge in [-0.3, -0.25) is 0 Å². The van der Waals surface area contributed by atoms with Crippen molar-refractivity contribution in [2.45, 2.75) is 12.1 Å². The fraction of sp³-hybridized carbons (Fsp3) is 0.333. The summed E-state index contributed by atoms with van der Waals surface area (Å²) < 4.78 is 5.26. The van der Waals surface area contributed by atoms with Crippen LogP contribution in [0.25, 0.3) is 11.0 Å². The van der Waals surface area contributed by atoms with Gasteiger partial charge in [0.05, 0.1) is 25.0 Å². The lowest BCUT2D eigenvalue weighted by atomic mass is 10.0. The molecule has 4 nitrogen and oxygen atoms in total. The van der Waals surface area contributed by atoms with Crippen molar-refractivity contribution in [1.29, 1.82) is 0 Å². The predicted molar refractivity (Wildman–Crippen MR) is 61.1 cm³/mol. The molecule has 2 atom stereocenters. The SMILES string of the molecule is CNC(CO)C(O)c1ccc2ccoc2c1. The molecule has 0 aliphatic carbocycles. The standard InChI is InChI=1S/C12H15NO3/c1-13-10(7-14)12(15)9-3-2-8-4-5-16-11(8)6-9/h2-6,10,12-15H,7H2,1H3. The minimum atomic E-state index is -0.746. The fourth-order valence-electron chi connectivity index (χ4n) is 1.74. The van der Waals surface area contributed by atoms with Crippen molar-refractivity contribution >= 4 is 11.0 Å². The molecular formula is C12H15NO3. The van der Waals surface area contributed by atoms with E-state index in [1.807, 2.05) is 18.2 Å². The largest absolute Gasteiger partial charge is 0.464 e. The van der Waals surface area contributed by atoms with Gasteiger partial charge in [-0.05, 0) is 24.7 Å². The Balaban J connectivity index is 2.31. The molecule has 0 saturated carbocycles. The van der Waals surface area contributed by atoms with E-state index in [0.717, 1.165) is 16.5 Å². The molecule has 2 aromatic rings. The van der Waals surface area contributed by atoms with Gasteiger partial charge in [-0.25, -0.2) is 0 Å². The first kappa shape index (κ1) is 11.1. The first-order valence-corrected chi connectivity index (χ1v) is 5.19. The number of fused-ring (bicyclic) bond motifs is 1. The van der Waals surface area contributed by atoms with Crippen LogP contribution in [0, 0.1) is 0 Å². The third kappa shape index (κ3) is 1.95. The number of hydrogen-bond acceptors (Lipinski definition) is 4. The second kappa shape index (κ2) is 4.65. The molecule has 86 valence electrons. The van der Waals surface area contributed by atoms with Gasteiger partial charge in [0, 0.05) is 5.39 Å².